The molecule has 1 N–H and O–H groups in total. The van der Waals surface area contributed by atoms with Crippen LogP contribution >= 0.6 is 0 Å². The predicted octanol–water partition coefficient (Wildman–Crippen LogP) is 4.37. The van der Waals surface area contributed by atoms with Crippen molar-refractivity contribution in [1.29, 1.82) is 0 Å². The number of non-ortho nitro benzene ring substituents is 1. The van der Waals surface area contributed by atoms with Gasteiger partial charge in [-0.3, -0.25) is 10.1 Å². The zero-order valence-electron chi connectivity index (χ0n) is 15.7. The fourth-order valence-electron chi connectivity index (χ4n) is 3.90. The second-order valence-corrected chi connectivity index (χ2v) is 7.16. The molecule has 6 nitrogen and oxygen atoms in total. The van der Waals surface area contributed by atoms with Gasteiger partial charge in [-0.2, -0.15) is 0 Å². The van der Waals surface area contributed by atoms with Crippen LogP contribution in [0.15, 0.2) is 72.8 Å². The smallest absolute Gasteiger partial charge is 0.331 e. The van der Waals surface area contributed by atoms with E-state index in [9.17, 15) is 20.0 Å². The first kappa shape index (κ1) is 18.7. The van der Waals surface area contributed by atoms with E-state index in [1.54, 1.807) is 6.07 Å². The first-order valence-electron chi connectivity index (χ1n) is 9.42. The largest absolute Gasteiger partial charge is 0.479 e. The van der Waals surface area contributed by atoms with Crippen LogP contribution in [0.2, 0.25) is 0 Å². The molecule has 0 aromatic heterocycles. The van der Waals surface area contributed by atoms with Gasteiger partial charge in [0.05, 0.1) is 4.92 Å². The molecule has 0 spiro atoms. The first-order valence-corrected chi connectivity index (χ1v) is 9.42. The number of rotatable bonds is 6. The summed E-state index contributed by atoms with van der Waals surface area (Å²) in [7, 11) is 0. The highest BCUT2D eigenvalue weighted by Crippen LogP contribution is 2.37. The van der Waals surface area contributed by atoms with E-state index >= 15 is 0 Å². The number of nitro groups is 1. The summed E-state index contributed by atoms with van der Waals surface area (Å²) in [5.74, 6) is -0.938. The van der Waals surface area contributed by atoms with Crippen molar-refractivity contribution in [2.45, 2.75) is 18.9 Å². The van der Waals surface area contributed by atoms with Gasteiger partial charge in [-0.1, -0.05) is 54.6 Å². The lowest BCUT2D eigenvalue weighted by atomic mass is 10.00. The van der Waals surface area contributed by atoms with Crippen LogP contribution in [0.4, 0.5) is 11.4 Å². The van der Waals surface area contributed by atoms with Crippen LogP contribution in [0.25, 0.3) is 0 Å². The molecule has 0 bridgehead atoms. The summed E-state index contributed by atoms with van der Waals surface area (Å²) in [5, 5.41) is 20.9. The zero-order chi connectivity index (χ0) is 20.4. The minimum atomic E-state index is -0.938. The molecular weight excluding hydrogens is 368 g/mol. The quantitative estimate of drug-likeness (QED) is 0.501. The van der Waals surface area contributed by atoms with Crippen LogP contribution in [0.5, 0.6) is 0 Å². The summed E-state index contributed by atoms with van der Waals surface area (Å²) in [6.07, 6.45) is 1.38. The summed E-state index contributed by atoms with van der Waals surface area (Å²) in [6.45, 7) is 0.513. The maximum Gasteiger partial charge on any atom is 0.331 e. The maximum absolute atomic E-state index is 12.1. The van der Waals surface area contributed by atoms with E-state index in [-0.39, 0.29) is 5.69 Å². The molecule has 0 saturated heterocycles. The van der Waals surface area contributed by atoms with Gasteiger partial charge in [-0.25, -0.2) is 4.79 Å². The Morgan fingerprint density at radius 2 is 1.72 bits per heavy atom. The number of carboxylic acids is 1. The lowest BCUT2D eigenvalue weighted by molar-refractivity contribution is -0.384. The Bertz CT molecular complexity index is 1050. The Morgan fingerprint density at radius 3 is 2.38 bits per heavy atom. The number of anilines is 1. The topological polar surface area (TPSA) is 83.7 Å². The van der Waals surface area contributed by atoms with Crippen molar-refractivity contribution in [3.63, 3.8) is 0 Å². The van der Waals surface area contributed by atoms with E-state index in [0.29, 0.717) is 18.5 Å². The fraction of sp³-hybridized carbons (Fsp3) is 0.174. The SMILES string of the molecule is O=C(O)C(c1ccc(Cc2ccccc2)cc1)N1CCc2cc([N+](=O)[O-])ccc21. The number of fused-ring (bicyclic) bond motifs is 1. The molecule has 1 unspecified atom stereocenters. The summed E-state index contributed by atoms with van der Waals surface area (Å²) in [4.78, 5) is 24.5. The highest BCUT2D eigenvalue weighted by Gasteiger charge is 2.33. The average Bonchev–Trinajstić information content (AvgIpc) is 3.13. The van der Waals surface area contributed by atoms with E-state index < -0.39 is 16.9 Å². The molecule has 1 aliphatic heterocycles. The number of carbonyl (C=O) groups is 1. The van der Waals surface area contributed by atoms with Crippen molar-refractivity contribution < 1.29 is 14.8 Å². The van der Waals surface area contributed by atoms with Crippen molar-refractivity contribution in [3.05, 3.63) is 105 Å². The van der Waals surface area contributed by atoms with Crippen molar-refractivity contribution >= 4 is 17.3 Å². The van der Waals surface area contributed by atoms with Gasteiger partial charge in [0.2, 0.25) is 0 Å². The highest BCUT2D eigenvalue weighted by molar-refractivity contribution is 5.81. The van der Waals surface area contributed by atoms with Gasteiger partial charge >= 0.3 is 5.97 Å². The second kappa shape index (κ2) is 7.75. The van der Waals surface area contributed by atoms with Gasteiger partial charge in [-0.05, 0) is 41.2 Å². The third-order valence-electron chi connectivity index (χ3n) is 5.30. The molecule has 3 aromatic carbocycles. The minimum Gasteiger partial charge on any atom is -0.479 e. The molecular formula is C23H20N2O4. The van der Waals surface area contributed by atoms with Crippen LogP contribution in [0.1, 0.15) is 28.3 Å². The lowest BCUT2D eigenvalue weighted by Gasteiger charge is -2.27. The van der Waals surface area contributed by atoms with E-state index in [1.807, 2.05) is 47.4 Å². The Morgan fingerprint density at radius 1 is 1.03 bits per heavy atom. The number of carboxylic acid groups (broad SMARTS) is 1. The fourth-order valence-corrected chi connectivity index (χ4v) is 3.90. The number of hydrogen-bond donors (Lipinski definition) is 1. The second-order valence-electron chi connectivity index (χ2n) is 7.16. The summed E-state index contributed by atoms with van der Waals surface area (Å²) in [5.41, 5.74) is 4.59. The number of nitro benzene ring substituents is 1. The highest BCUT2D eigenvalue weighted by atomic mass is 16.6. The Kier molecular flexibility index (Phi) is 4.99. The molecule has 146 valence electrons. The summed E-state index contributed by atoms with van der Waals surface area (Å²) in [6, 6.07) is 21.5. The molecule has 3 aromatic rings. The summed E-state index contributed by atoms with van der Waals surface area (Å²) >= 11 is 0. The molecule has 0 radical (unpaired) electrons. The molecule has 0 saturated carbocycles. The van der Waals surface area contributed by atoms with Crippen molar-refractivity contribution in [3.8, 4) is 0 Å². The molecule has 4 rings (SSSR count). The number of nitrogens with zero attached hydrogens (tertiary/aromatic N) is 2. The van der Waals surface area contributed by atoms with Crippen LogP contribution in [0, 0.1) is 10.1 Å². The normalized spacial score (nSPS) is 13.7. The first-order chi connectivity index (χ1) is 14.0. The molecule has 29 heavy (non-hydrogen) atoms. The third kappa shape index (κ3) is 3.82. The van der Waals surface area contributed by atoms with Crippen molar-refractivity contribution in [2.24, 2.45) is 0 Å². The molecule has 0 amide bonds. The van der Waals surface area contributed by atoms with E-state index in [0.717, 1.165) is 23.2 Å². The van der Waals surface area contributed by atoms with E-state index in [1.165, 1.54) is 17.7 Å². The molecule has 1 aliphatic rings. The van der Waals surface area contributed by atoms with Crippen molar-refractivity contribution in [2.75, 3.05) is 11.4 Å². The number of benzene rings is 3. The van der Waals surface area contributed by atoms with Gasteiger partial charge in [0, 0.05) is 24.4 Å². The van der Waals surface area contributed by atoms with Gasteiger partial charge in [0.1, 0.15) is 0 Å². The van der Waals surface area contributed by atoms with Crippen LogP contribution in [-0.2, 0) is 17.6 Å². The average molecular weight is 388 g/mol. The Labute approximate surface area is 168 Å². The van der Waals surface area contributed by atoms with Gasteiger partial charge in [-0.15, -0.1) is 0 Å². The predicted molar refractivity (Wildman–Crippen MR) is 110 cm³/mol. The van der Waals surface area contributed by atoms with E-state index in [4.69, 9.17) is 0 Å². The monoisotopic (exact) mass is 388 g/mol. The van der Waals surface area contributed by atoms with E-state index in [2.05, 4.69) is 12.1 Å². The van der Waals surface area contributed by atoms with Crippen LogP contribution in [-0.4, -0.2) is 22.5 Å². The molecule has 0 fully saturated rings. The van der Waals surface area contributed by atoms with Crippen LogP contribution in [0.3, 0.4) is 0 Å². The molecule has 0 aliphatic carbocycles. The number of aliphatic carboxylic acids is 1. The Balaban J connectivity index is 1.59. The lowest BCUT2D eigenvalue weighted by Crippen LogP contribution is -2.32. The third-order valence-corrected chi connectivity index (χ3v) is 5.30. The van der Waals surface area contributed by atoms with Crippen molar-refractivity contribution in [1.82, 2.24) is 0 Å². The number of hydrogen-bond acceptors (Lipinski definition) is 4. The molecule has 1 atom stereocenters. The molecule has 6 heteroatoms. The maximum atomic E-state index is 12.1. The van der Waals surface area contributed by atoms with Gasteiger partial charge < -0.3 is 10.0 Å². The minimum absolute atomic E-state index is 0.0303. The van der Waals surface area contributed by atoms with Crippen LogP contribution < -0.4 is 4.90 Å². The Hall–Kier alpha value is -3.67. The van der Waals surface area contributed by atoms with Gasteiger partial charge in [0.25, 0.3) is 5.69 Å². The summed E-state index contributed by atoms with van der Waals surface area (Å²) < 4.78 is 0. The zero-order valence-corrected chi connectivity index (χ0v) is 15.7. The van der Waals surface area contributed by atoms with Gasteiger partial charge in [0.15, 0.2) is 6.04 Å². The molecule has 1 heterocycles. The standard InChI is InChI=1S/C23H20N2O4/c26-23(27)22(24-13-12-19-15-20(25(28)29)10-11-21(19)24)18-8-6-17(7-9-18)14-16-4-2-1-3-5-16/h1-11,15,22H,12-14H2,(H,26,27).